The Morgan fingerprint density at radius 3 is 2.24 bits per heavy atom. The maximum Gasteiger partial charge on any atom is 0.331 e. The van der Waals surface area contributed by atoms with E-state index in [2.05, 4.69) is 19.2 Å². The molecule has 0 saturated heterocycles. The second-order valence-corrected chi connectivity index (χ2v) is 5.46. The standard InChI is InChI=1S/C13H21NO3/c1-8(9(2)12(16)17)11(15)14-10-6-5-7-13(10,3)4/h10H,5-7H2,1-4H3,(H,14,15)(H,16,17). The topological polar surface area (TPSA) is 66.4 Å². The number of nitrogens with one attached hydrogen (secondary N) is 1. The smallest absolute Gasteiger partial charge is 0.331 e. The lowest BCUT2D eigenvalue weighted by atomic mass is 9.87. The highest BCUT2D eigenvalue weighted by Crippen LogP contribution is 2.37. The third kappa shape index (κ3) is 3.08. The number of amides is 1. The summed E-state index contributed by atoms with van der Waals surface area (Å²) in [7, 11) is 0. The van der Waals surface area contributed by atoms with Crippen molar-refractivity contribution < 1.29 is 14.7 Å². The van der Waals surface area contributed by atoms with E-state index in [1.165, 1.54) is 6.92 Å². The van der Waals surface area contributed by atoms with E-state index in [0.717, 1.165) is 19.3 Å². The normalized spacial score (nSPS) is 24.1. The van der Waals surface area contributed by atoms with E-state index in [-0.39, 0.29) is 22.9 Å². The zero-order valence-electron chi connectivity index (χ0n) is 11.0. The highest BCUT2D eigenvalue weighted by atomic mass is 16.4. The second kappa shape index (κ2) is 4.90. The van der Waals surface area contributed by atoms with Crippen molar-refractivity contribution in [2.75, 3.05) is 0 Å². The Bertz CT molecular complexity index is 369. The summed E-state index contributed by atoms with van der Waals surface area (Å²) in [4.78, 5) is 22.7. The summed E-state index contributed by atoms with van der Waals surface area (Å²) < 4.78 is 0. The fourth-order valence-corrected chi connectivity index (χ4v) is 2.19. The van der Waals surface area contributed by atoms with Crippen LogP contribution < -0.4 is 5.32 Å². The van der Waals surface area contributed by atoms with Crippen LogP contribution in [0.2, 0.25) is 0 Å². The molecule has 96 valence electrons. The zero-order valence-corrected chi connectivity index (χ0v) is 11.0. The van der Waals surface area contributed by atoms with E-state index in [4.69, 9.17) is 5.11 Å². The summed E-state index contributed by atoms with van der Waals surface area (Å²) in [5, 5.41) is 11.8. The number of hydrogen-bond donors (Lipinski definition) is 2. The molecule has 0 aromatic heterocycles. The van der Waals surface area contributed by atoms with E-state index in [1.54, 1.807) is 6.92 Å². The Balaban J connectivity index is 2.74. The molecule has 4 nitrogen and oxygen atoms in total. The van der Waals surface area contributed by atoms with Gasteiger partial charge in [-0.3, -0.25) is 4.79 Å². The molecule has 0 heterocycles. The van der Waals surface area contributed by atoms with Gasteiger partial charge in [-0.1, -0.05) is 20.3 Å². The maximum absolute atomic E-state index is 11.9. The number of carboxylic acid groups (broad SMARTS) is 1. The predicted octanol–water partition coefficient (Wildman–Crippen LogP) is 2.10. The van der Waals surface area contributed by atoms with E-state index >= 15 is 0 Å². The quantitative estimate of drug-likeness (QED) is 0.741. The number of rotatable bonds is 3. The Kier molecular flexibility index (Phi) is 3.96. The van der Waals surface area contributed by atoms with Gasteiger partial charge in [-0.25, -0.2) is 4.79 Å². The fraction of sp³-hybridized carbons (Fsp3) is 0.692. The van der Waals surface area contributed by atoms with Gasteiger partial charge < -0.3 is 10.4 Å². The van der Waals surface area contributed by atoms with E-state index < -0.39 is 5.97 Å². The van der Waals surface area contributed by atoms with Crippen LogP contribution in [0.5, 0.6) is 0 Å². The first-order valence-electron chi connectivity index (χ1n) is 5.97. The van der Waals surface area contributed by atoms with Gasteiger partial charge in [0.15, 0.2) is 0 Å². The van der Waals surface area contributed by atoms with Gasteiger partial charge in [0, 0.05) is 17.2 Å². The van der Waals surface area contributed by atoms with E-state index in [1.807, 2.05) is 0 Å². The van der Waals surface area contributed by atoms with E-state index in [9.17, 15) is 9.59 Å². The molecular formula is C13H21NO3. The number of carboxylic acids is 1. The van der Waals surface area contributed by atoms with Gasteiger partial charge >= 0.3 is 5.97 Å². The van der Waals surface area contributed by atoms with Gasteiger partial charge in [0.05, 0.1) is 0 Å². The van der Waals surface area contributed by atoms with Gasteiger partial charge in [0.25, 0.3) is 0 Å². The minimum absolute atomic E-state index is 0.104. The van der Waals surface area contributed by atoms with E-state index in [0.29, 0.717) is 5.57 Å². The van der Waals surface area contributed by atoms with Crippen LogP contribution in [0.3, 0.4) is 0 Å². The molecule has 1 rings (SSSR count). The Labute approximate surface area is 102 Å². The number of hydrogen-bond acceptors (Lipinski definition) is 2. The van der Waals surface area contributed by atoms with Crippen LogP contribution in [0.4, 0.5) is 0 Å². The van der Waals surface area contributed by atoms with Crippen LogP contribution in [0.15, 0.2) is 11.1 Å². The van der Waals surface area contributed by atoms with Crippen LogP contribution >= 0.6 is 0 Å². The minimum atomic E-state index is -1.04. The first-order chi connectivity index (χ1) is 7.75. The van der Waals surface area contributed by atoms with Crippen LogP contribution in [0.25, 0.3) is 0 Å². The lowest BCUT2D eigenvalue weighted by Gasteiger charge is -2.28. The molecule has 0 aromatic rings. The average Bonchev–Trinajstić information content (AvgIpc) is 2.56. The summed E-state index contributed by atoms with van der Waals surface area (Å²) in [5.74, 6) is -1.30. The molecule has 0 aliphatic heterocycles. The van der Waals surface area contributed by atoms with Gasteiger partial charge in [-0.05, 0) is 32.1 Å². The molecule has 2 N–H and O–H groups in total. The molecule has 0 spiro atoms. The fourth-order valence-electron chi connectivity index (χ4n) is 2.19. The molecule has 1 unspecified atom stereocenters. The molecule has 4 heteroatoms. The Morgan fingerprint density at radius 1 is 1.24 bits per heavy atom. The Morgan fingerprint density at radius 2 is 1.82 bits per heavy atom. The summed E-state index contributed by atoms with van der Waals surface area (Å²) in [6, 6.07) is 0.145. The highest BCUT2D eigenvalue weighted by Gasteiger charge is 2.35. The molecule has 0 aromatic carbocycles. The van der Waals surface area contributed by atoms with Gasteiger partial charge in [0.1, 0.15) is 0 Å². The predicted molar refractivity (Wildman–Crippen MR) is 65.6 cm³/mol. The molecule has 1 amide bonds. The lowest BCUT2D eigenvalue weighted by Crippen LogP contribution is -2.42. The van der Waals surface area contributed by atoms with Crippen molar-refractivity contribution in [2.24, 2.45) is 5.41 Å². The van der Waals surface area contributed by atoms with Crippen molar-refractivity contribution in [3.8, 4) is 0 Å². The molecule has 17 heavy (non-hydrogen) atoms. The van der Waals surface area contributed by atoms with Crippen LogP contribution in [-0.2, 0) is 9.59 Å². The van der Waals surface area contributed by atoms with Crippen molar-refractivity contribution in [1.82, 2.24) is 5.32 Å². The van der Waals surface area contributed by atoms with Gasteiger partial charge in [-0.2, -0.15) is 0 Å². The second-order valence-electron chi connectivity index (χ2n) is 5.46. The molecular weight excluding hydrogens is 218 g/mol. The van der Waals surface area contributed by atoms with Crippen molar-refractivity contribution in [2.45, 2.75) is 53.0 Å². The summed E-state index contributed by atoms with van der Waals surface area (Å²) >= 11 is 0. The summed E-state index contributed by atoms with van der Waals surface area (Å²) in [6.07, 6.45) is 3.18. The van der Waals surface area contributed by atoms with Crippen molar-refractivity contribution in [3.05, 3.63) is 11.1 Å². The molecule has 1 aliphatic rings. The average molecular weight is 239 g/mol. The van der Waals surface area contributed by atoms with Gasteiger partial charge in [0.2, 0.25) is 5.91 Å². The summed E-state index contributed by atoms with van der Waals surface area (Å²) in [5.41, 5.74) is 0.506. The number of aliphatic carboxylic acids is 1. The largest absolute Gasteiger partial charge is 0.478 e. The minimum Gasteiger partial charge on any atom is -0.478 e. The molecule has 1 atom stereocenters. The Hall–Kier alpha value is -1.32. The van der Waals surface area contributed by atoms with Crippen molar-refractivity contribution in [1.29, 1.82) is 0 Å². The summed E-state index contributed by atoms with van der Waals surface area (Å²) in [6.45, 7) is 7.28. The SMILES string of the molecule is CC(C(=O)O)=C(C)C(=O)NC1CCCC1(C)C. The highest BCUT2D eigenvalue weighted by molar-refractivity contribution is 6.01. The first-order valence-corrected chi connectivity index (χ1v) is 5.97. The first kappa shape index (κ1) is 13.7. The lowest BCUT2D eigenvalue weighted by molar-refractivity contribution is -0.133. The molecule has 1 saturated carbocycles. The molecule has 1 aliphatic carbocycles. The monoisotopic (exact) mass is 239 g/mol. The number of carbonyl (C=O) groups excluding carboxylic acids is 1. The molecule has 0 bridgehead atoms. The van der Waals surface area contributed by atoms with Crippen LogP contribution in [-0.4, -0.2) is 23.0 Å². The third-order valence-electron chi connectivity index (χ3n) is 3.79. The third-order valence-corrected chi connectivity index (χ3v) is 3.79. The van der Waals surface area contributed by atoms with Crippen molar-refractivity contribution in [3.63, 3.8) is 0 Å². The van der Waals surface area contributed by atoms with Crippen LogP contribution in [0.1, 0.15) is 47.0 Å². The van der Waals surface area contributed by atoms with Gasteiger partial charge in [-0.15, -0.1) is 0 Å². The van der Waals surface area contributed by atoms with Crippen LogP contribution in [0, 0.1) is 5.41 Å². The maximum atomic E-state index is 11.9. The van der Waals surface area contributed by atoms with Crippen molar-refractivity contribution >= 4 is 11.9 Å². The molecule has 0 radical (unpaired) electrons. The zero-order chi connectivity index (χ0) is 13.2. The number of carbonyl (C=O) groups is 2. The molecule has 1 fully saturated rings.